The predicted molar refractivity (Wildman–Crippen MR) is 128 cm³/mol. The number of hydrogen-bond donors (Lipinski definition) is 0. The smallest absolute Gasteiger partial charge is 0.266 e. The monoisotopic (exact) mass is 435 g/mol. The SMILES string of the molecule is COCCN(C(=O)CC(C)(C)C)C(C)c1nc2ccccc2c(=O)n1-c1cccc(C)c1. The van der Waals surface area contributed by atoms with Crippen LogP contribution in [-0.2, 0) is 9.53 Å². The first-order chi connectivity index (χ1) is 15.1. The van der Waals surface area contributed by atoms with Gasteiger partial charge in [-0.2, -0.15) is 0 Å². The van der Waals surface area contributed by atoms with E-state index in [-0.39, 0.29) is 16.9 Å². The molecule has 3 aromatic rings. The highest BCUT2D eigenvalue weighted by Crippen LogP contribution is 2.27. The van der Waals surface area contributed by atoms with E-state index in [4.69, 9.17) is 9.72 Å². The van der Waals surface area contributed by atoms with Crippen LogP contribution < -0.4 is 5.56 Å². The van der Waals surface area contributed by atoms with Gasteiger partial charge in [-0.25, -0.2) is 4.98 Å². The van der Waals surface area contributed by atoms with Gasteiger partial charge in [0.1, 0.15) is 5.82 Å². The molecular weight excluding hydrogens is 402 g/mol. The lowest BCUT2D eigenvalue weighted by Crippen LogP contribution is -2.40. The van der Waals surface area contributed by atoms with Crippen molar-refractivity contribution in [1.82, 2.24) is 14.5 Å². The van der Waals surface area contributed by atoms with Crippen LogP contribution in [0.15, 0.2) is 53.3 Å². The maximum Gasteiger partial charge on any atom is 0.266 e. The molecule has 1 amide bonds. The number of aromatic nitrogens is 2. The topological polar surface area (TPSA) is 64.4 Å². The fourth-order valence-corrected chi connectivity index (χ4v) is 3.87. The molecule has 0 bridgehead atoms. The van der Waals surface area contributed by atoms with Crippen molar-refractivity contribution in [2.45, 2.75) is 47.1 Å². The Balaban J connectivity index is 2.21. The van der Waals surface area contributed by atoms with Crippen molar-refractivity contribution in [1.29, 1.82) is 0 Å². The summed E-state index contributed by atoms with van der Waals surface area (Å²) in [5.74, 6) is 0.554. The zero-order valence-corrected chi connectivity index (χ0v) is 19.9. The number of ether oxygens (including phenoxy) is 1. The number of carbonyl (C=O) groups excluding carboxylic acids is 1. The van der Waals surface area contributed by atoms with Crippen molar-refractivity contribution < 1.29 is 9.53 Å². The first-order valence-corrected chi connectivity index (χ1v) is 11.0. The second-order valence-corrected chi connectivity index (χ2v) is 9.46. The molecule has 3 rings (SSSR count). The van der Waals surface area contributed by atoms with E-state index in [2.05, 4.69) is 0 Å². The van der Waals surface area contributed by atoms with Gasteiger partial charge in [0.25, 0.3) is 5.56 Å². The predicted octanol–water partition coefficient (Wildman–Crippen LogP) is 4.67. The van der Waals surface area contributed by atoms with E-state index in [1.807, 2.05) is 77.1 Å². The number of aryl methyl sites for hydroxylation is 1. The Bertz CT molecular complexity index is 1160. The van der Waals surface area contributed by atoms with E-state index in [1.165, 1.54) is 0 Å². The summed E-state index contributed by atoms with van der Waals surface area (Å²) in [7, 11) is 1.62. The van der Waals surface area contributed by atoms with Crippen molar-refractivity contribution in [3.8, 4) is 5.69 Å². The van der Waals surface area contributed by atoms with Gasteiger partial charge in [-0.05, 0) is 49.1 Å². The highest BCUT2D eigenvalue weighted by molar-refractivity contribution is 5.79. The lowest BCUT2D eigenvalue weighted by atomic mass is 9.91. The molecule has 1 aromatic heterocycles. The third-order valence-electron chi connectivity index (χ3n) is 5.44. The zero-order valence-electron chi connectivity index (χ0n) is 19.9. The van der Waals surface area contributed by atoms with Crippen LogP contribution in [0.2, 0.25) is 0 Å². The van der Waals surface area contributed by atoms with Crippen LogP contribution >= 0.6 is 0 Å². The summed E-state index contributed by atoms with van der Waals surface area (Å²) in [5.41, 5.74) is 2.11. The van der Waals surface area contributed by atoms with Crippen LogP contribution in [0.5, 0.6) is 0 Å². The summed E-state index contributed by atoms with van der Waals surface area (Å²) in [6, 6.07) is 14.7. The molecule has 170 valence electrons. The van der Waals surface area contributed by atoms with E-state index in [0.717, 1.165) is 11.3 Å². The highest BCUT2D eigenvalue weighted by Gasteiger charge is 2.29. The number of nitrogens with zero attached hydrogens (tertiary/aromatic N) is 3. The molecule has 6 heteroatoms. The normalized spacial score (nSPS) is 12.7. The molecule has 0 aliphatic heterocycles. The third-order valence-corrected chi connectivity index (χ3v) is 5.44. The van der Waals surface area contributed by atoms with Gasteiger partial charge >= 0.3 is 0 Å². The van der Waals surface area contributed by atoms with Crippen molar-refractivity contribution >= 4 is 16.8 Å². The fourth-order valence-electron chi connectivity index (χ4n) is 3.87. The fraction of sp³-hybridized carbons (Fsp3) is 0.423. The Morgan fingerprint density at radius 3 is 2.53 bits per heavy atom. The summed E-state index contributed by atoms with van der Waals surface area (Å²) in [4.78, 5) is 33.5. The molecule has 0 spiro atoms. The van der Waals surface area contributed by atoms with Gasteiger partial charge < -0.3 is 9.64 Å². The molecule has 0 saturated heterocycles. The van der Waals surface area contributed by atoms with Gasteiger partial charge in [0.15, 0.2) is 0 Å². The molecule has 2 aromatic carbocycles. The highest BCUT2D eigenvalue weighted by atomic mass is 16.5. The number of hydrogen-bond acceptors (Lipinski definition) is 4. The van der Waals surface area contributed by atoms with Crippen LogP contribution in [-0.4, -0.2) is 40.6 Å². The number of amides is 1. The maximum absolute atomic E-state index is 13.6. The van der Waals surface area contributed by atoms with Gasteiger partial charge in [0.2, 0.25) is 5.91 Å². The minimum Gasteiger partial charge on any atom is -0.383 e. The summed E-state index contributed by atoms with van der Waals surface area (Å²) in [6.45, 7) is 10.9. The first kappa shape index (κ1) is 23.7. The lowest BCUT2D eigenvalue weighted by Gasteiger charge is -2.32. The van der Waals surface area contributed by atoms with Crippen molar-refractivity contribution in [2.24, 2.45) is 5.41 Å². The van der Waals surface area contributed by atoms with Crippen LogP contribution in [0.1, 0.15) is 51.5 Å². The molecular formula is C26H33N3O3. The Kier molecular flexibility index (Phi) is 7.14. The molecule has 1 atom stereocenters. The summed E-state index contributed by atoms with van der Waals surface area (Å²) >= 11 is 0. The number of fused-ring (bicyclic) bond motifs is 1. The molecule has 0 saturated carbocycles. The molecule has 1 heterocycles. The van der Waals surface area contributed by atoms with Gasteiger partial charge in [0, 0.05) is 20.1 Å². The average molecular weight is 436 g/mol. The number of para-hydroxylation sites is 1. The Hall–Kier alpha value is -2.99. The summed E-state index contributed by atoms with van der Waals surface area (Å²) < 4.78 is 6.92. The summed E-state index contributed by atoms with van der Waals surface area (Å²) in [6.07, 6.45) is 0.392. The molecule has 0 aliphatic carbocycles. The van der Waals surface area contributed by atoms with Crippen molar-refractivity contribution in [3.05, 3.63) is 70.3 Å². The molecule has 0 aliphatic rings. The first-order valence-electron chi connectivity index (χ1n) is 11.0. The molecule has 0 radical (unpaired) electrons. The van der Waals surface area contributed by atoms with Crippen LogP contribution in [0, 0.1) is 12.3 Å². The second kappa shape index (κ2) is 9.65. The van der Waals surface area contributed by atoms with E-state index in [0.29, 0.717) is 36.3 Å². The molecule has 0 N–H and O–H groups in total. The maximum atomic E-state index is 13.6. The Labute approximate surface area is 189 Å². The van der Waals surface area contributed by atoms with Crippen LogP contribution in [0.25, 0.3) is 16.6 Å². The molecule has 0 fully saturated rings. The standard InChI is InChI=1S/C26H33N3O3/c1-18-10-9-11-20(16-18)29-24(27-22-13-8-7-12-21(22)25(29)31)19(2)28(14-15-32-6)23(30)17-26(3,4)5/h7-13,16,19H,14-15,17H2,1-6H3. The number of methoxy groups -OCH3 is 1. The summed E-state index contributed by atoms with van der Waals surface area (Å²) in [5, 5.41) is 0.550. The molecule has 6 nitrogen and oxygen atoms in total. The molecule has 32 heavy (non-hydrogen) atoms. The average Bonchev–Trinajstić information content (AvgIpc) is 2.72. The third kappa shape index (κ3) is 5.25. The minimum atomic E-state index is -0.419. The van der Waals surface area contributed by atoms with E-state index >= 15 is 0 Å². The quantitative estimate of drug-likeness (QED) is 0.541. The van der Waals surface area contributed by atoms with E-state index in [9.17, 15) is 9.59 Å². The van der Waals surface area contributed by atoms with Gasteiger partial charge in [-0.15, -0.1) is 0 Å². The largest absolute Gasteiger partial charge is 0.383 e. The second-order valence-electron chi connectivity index (χ2n) is 9.46. The van der Waals surface area contributed by atoms with Gasteiger partial charge in [-0.1, -0.05) is 45.0 Å². The minimum absolute atomic E-state index is 0.0141. The molecule has 1 unspecified atom stereocenters. The van der Waals surface area contributed by atoms with Crippen LogP contribution in [0.4, 0.5) is 0 Å². The van der Waals surface area contributed by atoms with E-state index < -0.39 is 6.04 Å². The van der Waals surface area contributed by atoms with Crippen LogP contribution in [0.3, 0.4) is 0 Å². The van der Waals surface area contributed by atoms with Crippen molar-refractivity contribution in [3.63, 3.8) is 0 Å². The van der Waals surface area contributed by atoms with Crippen molar-refractivity contribution in [2.75, 3.05) is 20.3 Å². The van der Waals surface area contributed by atoms with E-state index in [1.54, 1.807) is 22.6 Å². The Morgan fingerprint density at radius 2 is 1.88 bits per heavy atom. The van der Waals surface area contributed by atoms with Gasteiger partial charge in [0.05, 0.1) is 29.2 Å². The van der Waals surface area contributed by atoms with Gasteiger partial charge in [-0.3, -0.25) is 14.2 Å². The number of carbonyl (C=O) groups is 1. The Morgan fingerprint density at radius 1 is 1.16 bits per heavy atom. The number of rotatable bonds is 7. The lowest BCUT2D eigenvalue weighted by molar-refractivity contribution is -0.136. The number of benzene rings is 2. The zero-order chi connectivity index (χ0) is 23.5.